The fourth-order valence-electron chi connectivity index (χ4n) is 0.824. The Hall–Kier alpha value is -1.19. The van der Waals surface area contributed by atoms with Crippen molar-refractivity contribution >= 4 is 37.1 Å². The van der Waals surface area contributed by atoms with Gasteiger partial charge in [0, 0.05) is 5.88 Å². The maximum absolute atomic E-state index is 10.3. The molecule has 0 aliphatic carbocycles. The monoisotopic (exact) mass is 336 g/mol. The average molecular weight is 337 g/mol. The summed E-state index contributed by atoms with van der Waals surface area (Å²) in [5.41, 5.74) is -2.74. The highest BCUT2D eigenvalue weighted by molar-refractivity contribution is 7.51. The zero-order chi connectivity index (χ0) is 16.6. The third-order valence-electron chi connectivity index (χ3n) is 1.66. The van der Waals surface area contributed by atoms with Gasteiger partial charge in [-0.1, -0.05) is 0 Å². The highest BCUT2D eigenvalue weighted by atomic mass is 35.5. The first kappa shape index (κ1) is 21.1. The van der Waals surface area contributed by atoms with Crippen molar-refractivity contribution in [3.8, 4) is 0 Å². The molecule has 0 saturated heterocycles. The van der Waals surface area contributed by atoms with E-state index in [1.807, 2.05) is 0 Å². The molecule has 0 aromatic carbocycles. The van der Waals surface area contributed by atoms with E-state index in [1.54, 1.807) is 0 Å². The molecule has 0 aromatic heterocycles. The van der Waals surface area contributed by atoms with Gasteiger partial charge in [-0.2, -0.15) is 0 Å². The summed E-state index contributed by atoms with van der Waals surface area (Å²) < 4.78 is 9.84. The molecule has 0 aliphatic rings. The topological polar surface area (TPSA) is 190 Å². The van der Waals surface area contributed by atoms with Crippen LogP contribution in [0.15, 0.2) is 0 Å². The Morgan fingerprint density at radius 1 is 1.00 bits per heavy atom. The normalized spacial score (nSPS) is 11.2. The smallest absolute Gasteiger partial charge is 0.336 e. The Labute approximate surface area is 117 Å². The van der Waals surface area contributed by atoms with E-state index in [2.05, 4.69) is 0 Å². The van der Waals surface area contributed by atoms with Crippen LogP contribution in [0.4, 0.5) is 0 Å². The zero-order valence-corrected chi connectivity index (χ0v) is 11.6. The molecule has 0 unspecified atom stereocenters. The maximum atomic E-state index is 10.3. The van der Waals surface area contributed by atoms with Gasteiger partial charge in [-0.3, -0.25) is 14.2 Å². The van der Waals surface area contributed by atoms with E-state index >= 15 is 0 Å². The van der Waals surface area contributed by atoms with E-state index in [-0.39, 0.29) is 12.0 Å². The number of carboxylic acids is 3. The van der Waals surface area contributed by atoms with Gasteiger partial charge in [0.15, 0.2) is 5.60 Å². The number of hydrogen-bond acceptors (Lipinski definition) is 5. The van der Waals surface area contributed by atoms with Crippen LogP contribution in [0, 0.1) is 0 Å². The van der Waals surface area contributed by atoms with Gasteiger partial charge in [-0.25, -0.2) is 4.79 Å². The first-order chi connectivity index (χ1) is 8.84. The van der Waals surface area contributed by atoms with Gasteiger partial charge in [0.2, 0.25) is 0 Å². The Morgan fingerprint density at radius 3 is 1.45 bits per heavy atom. The van der Waals surface area contributed by atoms with Gasteiger partial charge in [-0.15, -0.1) is 11.6 Å². The number of aliphatic carboxylic acids is 3. The van der Waals surface area contributed by atoms with Crippen molar-refractivity contribution in [3.63, 3.8) is 0 Å². The second-order valence-corrected chi connectivity index (χ2v) is 5.71. The standard InChI is InChI=1S/C6H8O7.C2H6ClO3P/c7-3(8)1-6(13,5(11)12)2-4(9)10;3-1-2-7(4,5)6/h13H,1-2H2,(H,7,8)(H,9,10)(H,11,12);1-2H2,(H2,4,5,6). The molecule has 0 aromatic rings. The van der Waals surface area contributed by atoms with Crippen LogP contribution in [-0.2, 0) is 18.9 Å². The Kier molecular flexibility index (Phi) is 9.37. The third kappa shape index (κ3) is 11.9. The number of carboxylic acid groups (broad SMARTS) is 3. The van der Waals surface area contributed by atoms with Gasteiger partial charge in [0.25, 0.3) is 0 Å². The van der Waals surface area contributed by atoms with E-state index in [1.165, 1.54) is 0 Å². The van der Waals surface area contributed by atoms with Crippen molar-refractivity contribution < 1.29 is 49.2 Å². The lowest BCUT2D eigenvalue weighted by Gasteiger charge is -2.18. The van der Waals surface area contributed by atoms with Crippen molar-refractivity contribution in [1.82, 2.24) is 0 Å². The Balaban J connectivity index is 0. The molecule has 12 heteroatoms. The summed E-state index contributed by atoms with van der Waals surface area (Å²) in [7, 11) is -3.80. The van der Waals surface area contributed by atoms with E-state index < -0.39 is 43.9 Å². The summed E-state index contributed by atoms with van der Waals surface area (Å²) in [5, 5.41) is 33.8. The largest absolute Gasteiger partial charge is 0.481 e. The molecule has 0 heterocycles. The molecule has 0 aliphatic heterocycles. The molecule has 6 N–H and O–H groups in total. The third-order valence-corrected chi connectivity index (χ3v) is 2.92. The van der Waals surface area contributed by atoms with Gasteiger partial charge < -0.3 is 30.2 Å². The number of carbonyl (C=O) groups is 3. The molecule has 0 spiro atoms. The molecule has 0 bridgehead atoms. The second kappa shape index (κ2) is 8.88. The van der Waals surface area contributed by atoms with Crippen LogP contribution in [-0.4, -0.2) is 65.8 Å². The van der Waals surface area contributed by atoms with E-state index in [9.17, 15) is 18.9 Å². The number of halogens is 1. The Morgan fingerprint density at radius 2 is 1.35 bits per heavy atom. The van der Waals surface area contributed by atoms with E-state index in [4.69, 9.17) is 41.8 Å². The maximum Gasteiger partial charge on any atom is 0.336 e. The first-order valence-electron chi connectivity index (χ1n) is 4.84. The van der Waals surface area contributed by atoms with Crippen LogP contribution in [0.5, 0.6) is 0 Å². The zero-order valence-electron chi connectivity index (χ0n) is 9.97. The fraction of sp³-hybridized carbons (Fsp3) is 0.625. The molecule has 0 atom stereocenters. The summed E-state index contributed by atoms with van der Waals surface area (Å²) in [5.74, 6) is -5.00. The summed E-state index contributed by atoms with van der Waals surface area (Å²) in [6, 6.07) is 0. The number of rotatable bonds is 7. The van der Waals surface area contributed by atoms with Gasteiger partial charge >= 0.3 is 25.5 Å². The van der Waals surface area contributed by atoms with Crippen molar-refractivity contribution in [2.45, 2.75) is 18.4 Å². The average Bonchev–Trinajstić information content (AvgIpc) is 2.12. The molecule has 20 heavy (non-hydrogen) atoms. The molecule has 0 rings (SSSR count). The fourth-order valence-corrected chi connectivity index (χ4v) is 1.70. The van der Waals surface area contributed by atoms with Crippen LogP contribution >= 0.6 is 19.2 Å². The molecule has 10 nitrogen and oxygen atoms in total. The summed E-state index contributed by atoms with van der Waals surface area (Å²) in [6.07, 6.45) is -2.52. The molecule has 0 radical (unpaired) electrons. The van der Waals surface area contributed by atoms with Crippen LogP contribution in [0.1, 0.15) is 12.8 Å². The first-order valence-corrected chi connectivity index (χ1v) is 7.17. The summed E-state index contributed by atoms with van der Waals surface area (Å²) in [6.45, 7) is 0. The second-order valence-electron chi connectivity index (χ2n) is 3.56. The minimum absolute atomic E-state index is 0.0181. The van der Waals surface area contributed by atoms with Gasteiger partial charge in [-0.05, 0) is 0 Å². The molecular weight excluding hydrogens is 323 g/mol. The lowest BCUT2D eigenvalue weighted by atomic mass is 9.96. The quantitative estimate of drug-likeness (QED) is 0.252. The Bertz CT molecular complexity index is 386. The molecule has 0 saturated carbocycles. The highest BCUT2D eigenvalue weighted by Gasteiger charge is 2.40. The number of alkyl halides is 1. The molecular formula is C8H14ClO10P. The predicted molar refractivity (Wildman–Crippen MR) is 64.7 cm³/mol. The van der Waals surface area contributed by atoms with Gasteiger partial charge in [0.1, 0.15) is 0 Å². The van der Waals surface area contributed by atoms with Crippen LogP contribution < -0.4 is 0 Å². The lowest BCUT2D eigenvalue weighted by Crippen LogP contribution is -2.42. The van der Waals surface area contributed by atoms with Crippen LogP contribution in [0.3, 0.4) is 0 Å². The highest BCUT2D eigenvalue weighted by Crippen LogP contribution is 2.33. The number of hydrogen-bond donors (Lipinski definition) is 6. The summed E-state index contributed by atoms with van der Waals surface area (Å²) in [4.78, 5) is 46.6. The minimum Gasteiger partial charge on any atom is -0.481 e. The van der Waals surface area contributed by atoms with E-state index in [0.717, 1.165) is 0 Å². The van der Waals surface area contributed by atoms with E-state index in [0.29, 0.717) is 0 Å². The van der Waals surface area contributed by atoms with Crippen LogP contribution in [0.2, 0.25) is 0 Å². The minimum atomic E-state index is -3.80. The van der Waals surface area contributed by atoms with Crippen molar-refractivity contribution in [1.29, 1.82) is 0 Å². The van der Waals surface area contributed by atoms with Crippen LogP contribution in [0.25, 0.3) is 0 Å². The molecule has 0 fully saturated rings. The predicted octanol–water partition coefficient (Wildman–Crippen LogP) is -0.846. The van der Waals surface area contributed by atoms with Crippen molar-refractivity contribution in [2.75, 3.05) is 12.0 Å². The SMILES string of the molecule is O=C(O)CC(O)(CC(=O)O)C(=O)O.O=P(O)(O)CCCl. The molecule has 0 amide bonds. The van der Waals surface area contributed by atoms with Crippen molar-refractivity contribution in [3.05, 3.63) is 0 Å². The lowest BCUT2D eigenvalue weighted by molar-refractivity contribution is -0.170. The van der Waals surface area contributed by atoms with Gasteiger partial charge in [0.05, 0.1) is 19.0 Å². The summed E-state index contributed by atoms with van der Waals surface area (Å²) >= 11 is 4.99. The molecule has 118 valence electrons. The van der Waals surface area contributed by atoms with Crippen molar-refractivity contribution in [2.24, 2.45) is 0 Å². The number of aliphatic hydroxyl groups is 1.